The number of hydrogen-bond donors (Lipinski definition) is 1. The summed E-state index contributed by atoms with van der Waals surface area (Å²) in [5.41, 5.74) is 0.279. The summed E-state index contributed by atoms with van der Waals surface area (Å²) in [5.74, 6) is 1.31. The summed E-state index contributed by atoms with van der Waals surface area (Å²) in [6, 6.07) is 0. The van der Waals surface area contributed by atoms with E-state index in [1.165, 1.54) is 19.3 Å². The molecule has 13 heavy (non-hydrogen) atoms. The second kappa shape index (κ2) is 2.73. The van der Waals surface area contributed by atoms with Crippen molar-refractivity contribution in [2.75, 3.05) is 0 Å². The molecular weight excluding hydrogens is 164 g/mol. The summed E-state index contributed by atoms with van der Waals surface area (Å²) < 4.78 is 0. The van der Waals surface area contributed by atoms with Crippen LogP contribution in [0.1, 0.15) is 39.5 Å². The van der Waals surface area contributed by atoms with E-state index in [-0.39, 0.29) is 5.41 Å². The minimum atomic E-state index is -0.620. The van der Waals surface area contributed by atoms with Crippen LogP contribution in [0.15, 0.2) is 0 Å². The summed E-state index contributed by atoms with van der Waals surface area (Å²) in [6.45, 7) is 4.51. The van der Waals surface area contributed by atoms with Crippen LogP contribution in [0.4, 0.5) is 0 Å². The van der Waals surface area contributed by atoms with Crippen LogP contribution in [0.25, 0.3) is 0 Å². The Morgan fingerprint density at radius 2 is 2.15 bits per heavy atom. The van der Waals surface area contributed by atoms with Gasteiger partial charge in [-0.25, -0.2) is 0 Å². The van der Waals surface area contributed by atoms with E-state index in [0.717, 1.165) is 5.92 Å². The number of rotatable bonds is 2. The van der Waals surface area contributed by atoms with Crippen molar-refractivity contribution >= 4 is 5.97 Å². The van der Waals surface area contributed by atoms with Crippen LogP contribution in [0.5, 0.6) is 0 Å². The van der Waals surface area contributed by atoms with Gasteiger partial charge in [0.25, 0.3) is 0 Å². The molecule has 0 radical (unpaired) electrons. The van der Waals surface area contributed by atoms with Gasteiger partial charge in [0.05, 0.1) is 0 Å². The minimum absolute atomic E-state index is 0.279. The maximum atomic E-state index is 10.7. The topological polar surface area (TPSA) is 37.3 Å². The zero-order valence-electron chi connectivity index (χ0n) is 8.42. The summed E-state index contributed by atoms with van der Waals surface area (Å²) in [6.07, 6.45) is 4.26. The molecule has 2 bridgehead atoms. The fourth-order valence-corrected chi connectivity index (χ4v) is 3.59. The lowest BCUT2D eigenvalue weighted by atomic mass is 9.67. The van der Waals surface area contributed by atoms with E-state index < -0.39 is 5.97 Å². The first-order valence-corrected chi connectivity index (χ1v) is 5.23. The number of carboxylic acids is 1. The third-order valence-corrected chi connectivity index (χ3v) is 4.44. The van der Waals surface area contributed by atoms with Crippen LogP contribution in [-0.2, 0) is 4.79 Å². The minimum Gasteiger partial charge on any atom is -0.481 e. The van der Waals surface area contributed by atoms with Crippen molar-refractivity contribution in [1.29, 1.82) is 0 Å². The second-order valence-corrected chi connectivity index (χ2v) is 5.30. The highest BCUT2D eigenvalue weighted by molar-refractivity contribution is 5.67. The van der Waals surface area contributed by atoms with Crippen molar-refractivity contribution in [2.24, 2.45) is 23.2 Å². The molecule has 74 valence electrons. The Labute approximate surface area is 79.3 Å². The molecule has 0 unspecified atom stereocenters. The fourth-order valence-electron chi connectivity index (χ4n) is 3.59. The van der Waals surface area contributed by atoms with Crippen LogP contribution in [-0.4, -0.2) is 11.1 Å². The third kappa shape index (κ3) is 1.27. The lowest BCUT2D eigenvalue weighted by molar-refractivity contribution is -0.139. The molecule has 1 N–H and O–H groups in total. The van der Waals surface area contributed by atoms with Crippen molar-refractivity contribution in [2.45, 2.75) is 39.5 Å². The average molecular weight is 182 g/mol. The summed E-state index contributed by atoms with van der Waals surface area (Å²) in [4.78, 5) is 10.7. The molecule has 2 aliphatic carbocycles. The van der Waals surface area contributed by atoms with Gasteiger partial charge in [0, 0.05) is 6.42 Å². The van der Waals surface area contributed by atoms with Gasteiger partial charge >= 0.3 is 5.97 Å². The summed E-state index contributed by atoms with van der Waals surface area (Å²) in [7, 11) is 0. The number of carbonyl (C=O) groups is 1. The van der Waals surface area contributed by atoms with Crippen molar-refractivity contribution < 1.29 is 9.90 Å². The highest BCUT2D eigenvalue weighted by atomic mass is 16.4. The molecule has 0 aromatic heterocycles. The van der Waals surface area contributed by atoms with Crippen LogP contribution < -0.4 is 0 Å². The van der Waals surface area contributed by atoms with E-state index in [9.17, 15) is 4.79 Å². The van der Waals surface area contributed by atoms with Gasteiger partial charge in [-0.05, 0) is 42.4 Å². The van der Waals surface area contributed by atoms with Gasteiger partial charge in [-0.2, -0.15) is 0 Å². The van der Waals surface area contributed by atoms with Crippen molar-refractivity contribution in [3.05, 3.63) is 0 Å². The van der Waals surface area contributed by atoms with E-state index in [1.54, 1.807) is 0 Å². The van der Waals surface area contributed by atoms with Gasteiger partial charge in [-0.3, -0.25) is 4.79 Å². The summed E-state index contributed by atoms with van der Waals surface area (Å²) in [5, 5.41) is 8.83. The van der Waals surface area contributed by atoms with Gasteiger partial charge in [0.1, 0.15) is 0 Å². The first-order chi connectivity index (χ1) is 6.01. The molecule has 2 aliphatic rings. The molecule has 2 heteroatoms. The van der Waals surface area contributed by atoms with Gasteiger partial charge in [-0.1, -0.05) is 13.8 Å². The predicted molar refractivity (Wildman–Crippen MR) is 50.4 cm³/mol. The molecule has 0 aromatic rings. The fraction of sp³-hybridized carbons (Fsp3) is 0.909. The molecular formula is C11H18O2. The Morgan fingerprint density at radius 1 is 1.46 bits per heavy atom. The first-order valence-electron chi connectivity index (χ1n) is 5.23. The molecule has 0 spiro atoms. The Hall–Kier alpha value is -0.530. The molecule has 2 saturated carbocycles. The smallest absolute Gasteiger partial charge is 0.303 e. The Kier molecular flexibility index (Phi) is 1.90. The lowest BCUT2D eigenvalue weighted by Gasteiger charge is -2.37. The van der Waals surface area contributed by atoms with Gasteiger partial charge in [0.2, 0.25) is 0 Å². The van der Waals surface area contributed by atoms with Crippen molar-refractivity contribution in [1.82, 2.24) is 0 Å². The zero-order chi connectivity index (χ0) is 9.64. The maximum absolute atomic E-state index is 10.7. The lowest BCUT2D eigenvalue weighted by Crippen LogP contribution is -2.32. The summed E-state index contributed by atoms with van der Waals surface area (Å²) >= 11 is 0. The number of aliphatic carboxylic acids is 1. The number of hydrogen-bond acceptors (Lipinski definition) is 1. The molecule has 0 heterocycles. The molecule has 2 fully saturated rings. The van der Waals surface area contributed by atoms with Crippen LogP contribution in [0.2, 0.25) is 0 Å². The molecule has 2 rings (SSSR count). The maximum Gasteiger partial charge on any atom is 0.303 e. The Balaban J connectivity index is 2.14. The molecule has 2 nitrogen and oxygen atoms in total. The average Bonchev–Trinajstić information content (AvgIpc) is 2.53. The van der Waals surface area contributed by atoms with E-state index in [4.69, 9.17) is 5.11 Å². The van der Waals surface area contributed by atoms with E-state index >= 15 is 0 Å². The number of carboxylic acid groups (broad SMARTS) is 1. The number of fused-ring (bicyclic) bond motifs is 2. The van der Waals surface area contributed by atoms with Gasteiger partial charge in [-0.15, -0.1) is 0 Å². The van der Waals surface area contributed by atoms with Crippen LogP contribution >= 0.6 is 0 Å². The SMILES string of the molecule is CC1(C)[C@@H]2CC[C@@H](C2)[C@@H]1CC(=O)O. The van der Waals surface area contributed by atoms with Crippen molar-refractivity contribution in [3.8, 4) is 0 Å². The monoisotopic (exact) mass is 182 g/mol. The van der Waals surface area contributed by atoms with E-state index in [0.29, 0.717) is 18.3 Å². The Bertz CT molecular complexity index is 232. The Morgan fingerprint density at radius 3 is 2.62 bits per heavy atom. The van der Waals surface area contributed by atoms with Crippen LogP contribution in [0.3, 0.4) is 0 Å². The van der Waals surface area contributed by atoms with Gasteiger partial charge < -0.3 is 5.11 Å². The van der Waals surface area contributed by atoms with Crippen LogP contribution in [0, 0.1) is 23.2 Å². The van der Waals surface area contributed by atoms with E-state index in [2.05, 4.69) is 13.8 Å². The zero-order valence-corrected chi connectivity index (χ0v) is 8.42. The highest BCUT2D eigenvalue weighted by Crippen LogP contribution is 2.60. The molecule has 3 atom stereocenters. The molecule has 0 saturated heterocycles. The quantitative estimate of drug-likeness (QED) is 0.712. The predicted octanol–water partition coefficient (Wildman–Crippen LogP) is 2.53. The van der Waals surface area contributed by atoms with Gasteiger partial charge in [0.15, 0.2) is 0 Å². The molecule has 0 amide bonds. The highest BCUT2D eigenvalue weighted by Gasteiger charge is 2.52. The largest absolute Gasteiger partial charge is 0.481 e. The van der Waals surface area contributed by atoms with Crippen molar-refractivity contribution in [3.63, 3.8) is 0 Å². The van der Waals surface area contributed by atoms with E-state index in [1.807, 2.05) is 0 Å². The first kappa shape index (κ1) is 9.04. The molecule has 0 aromatic carbocycles. The normalized spacial score (nSPS) is 40.9. The third-order valence-electron chi connectivity index (χ3n) is 4.44. The standard InChI is InChI=1S/C11H18O2/c1-11(2)8-4-3-7(5-8)9(11)6-10(12)13/h7-9H,3-6H2,1-2H3,(H,12,13)/t7-,8+,9-/m0/s1. The molecule has 0 aliphatic heterocycles. The second-order valence-electron chi connectivity index (χ2n) is 5.30.